The molecule has 0 aliphatic rings. The summed E-state index contributed by atoms with van der Waals surface area (Å²) in [5.74, 6) is 1.33. The summed E-state index contributed by atoms with van der Waals surface area (Å²) in [6, 6.07) is 17.5. The maximum atomic E-state index is 14.0. The third kappa shape index (κ3) is 5.49. The van der Waals surface area contributed by atoms with Crippen LogP contribution in [0.15, 0.2) is 74.4 Å². The number of carbonyl (C=O) groups excluding carboxylic acids is 1. The molecule has 1 unspecified atom stereocenters. The number of unbranched alkanes of at least 4 members (excludes halogenated alkanes) is 1. The molecule has 0 aliphatic carbocycles. The first-order valence-electron chi connectivity index (χ1n) is 12.3. The number of methoxy groups -OCH3 is 2. The summed E-state index contributed by atoms with van der Waals surface area (Å²) in [6.45, 7) is 4.50. The molecule has 0 saturated carbocycles. The van der Waals surface area contributed by atoms with Crippen LogP contribution in [0.25, 0.3) is 16.6 Å². The van der Waals surface area contributed by atoms with Gasteiger partial charge in [-0.1, -0.05) is 41.4 Å². The summed E-state index contributed by atoms with van der Waals surface area (Å²) in [7, 11) is 3.11. The largest absolute Gasteiger partial charge is 0.497 e. The zero-order valence-electron chi connectivity index (χ0n) is 21.7. The molecule has 1 heterocycles. The third-order valence-electron chi connectivity index (χ3n) is 6.44. The van der Waals surface area contributed by atoms with Crippen molar-refractivity contribution in [3.05, 3.63) is 91.4 Å². The maximum absolute atomic E-state index is 14.0. The van der Waals surface area contributed by atoms with Crippen LogP contribution in [0.5, 0.6) is 11.5 Å². The number of amides is 1. The Bertz CT molecular complexity index is 1520. The lowest BCUT2D eigenvalue weighted by molar-refractivity contribution is 0.0678. The van der Waals surface area contributed by atoms with Gasteiger partial charge in [-0.15, -0.1) is 0 Å². The van der Waals surface area contributed by atoms with Crippen molar-refractivity contribution in [2.45, 2.75) is 32.7 Å². The molecule has 1 aromatic heterocycles. The highest BCUT2D eigenvalue weighted by molar-refractivity contribution is 9.11. The van der Waals surface area contributed by atoms with Gasteiger partial charge in [-0.3, -0.25) is 14.2 Å². The van der Waals surface area contributed by atoms with Crippen molar-refractivity contribution >= 4 is 48.7 Å². The van der Waals surface area contributed by atoms with Gasteiger partial charge in [-0.25, -0.2) is 4.98 Å². The summed E-state index contributed by atoms with van der Waals surface area (Å²) >= 11 is 7.06. The molecule has 9 heteroatoms. The number of aromatic nitrogens is 2. The molecule has 0 saturated heterocycles. The van der Waals surface area contributed by atoms with Crippen LogP contribution in [0, 0.1) is 0 Å². The van der Waals surface area contributed by atoms with Gasteiger partial charge in [0.2, 0.25) is 0 Å². The monoisotopic (exact) mass is 641 g/mol. The lowest BCUT2D eigenvalue weighted by Gasteiger charge is -2.31. The number of para-hydroxylation sites is 1. The second-order valence-electron chi connectivity index (χ2n) is 8.83. The second-order valence-corrected chi connectivity index (χ2v) is 10.5. The number of halogens is 2. The van der Waals surface area contributed by atoms with Gasteiger partial charge in [0.15, 0.2) is 0 Å². The first-order valence-corrected chi connectivity index (χ1v) is 13.9. The Hall–Kier alpha value is -3.17. The van der Waals surface area contributed by atoms with Gasteiger partial charge >= 0.3 is 0 Å². The van der Waals surface area contributed by atoms with Crippen LogP contribution in [0.1, 0.15) is 48.9 Å². The SMILES string of the molecule is CCCCN(C(=O)c1ccc(Br)cc1)C(C)c1nc2ccccc2c(=O)n1-c1cc(OC)cc(OC)c1Br. The van der Waals surface area contributed by atoms with Crippen molar-refractivity contribution in [1.29, 1.82) is 0 Å². The summed E-state index contributed by atoms with van der Waals surface area (Å²) in [4.78, 5) is 34.5. The quantitative estimate of drug-likeness (QED) is 0.198. The second kappa shape index (κ2) is 12.1. The van der Waals surface area contributed by atoms with Crippen molar-refractivity contribution in [2.24, 2.45) is 0 Å². The Morgan fingerprint density at radius 2 is 1.76 bits per heavy atom. The van der Waals surface area contributed by atoms with Gasteiger partial charge < -0.3 is 14.4 Å². The predicted molar refractivity (Wildman–Crippen MR) is 157 cm³/mol. The third-order valence-corrected chi connectivity index (χ3v) is 7.76. The van der Waals surface area contributed by atoms with Gasteiger partial charge in [-0.05, 0) is 65.7 Å². The van der Waals surface area contributed by atoms with E-state index in [1.165, 1.54) is 0 Å². The van der Waals surface area contributed by atoms with E-state index in [1.807, 2.05) is 37.3 Å². The molecule has 0 aliphatic heterocycles. The van der Waals surface area contributed by atoms with E-state index in [-0.39, 0.29) is 11.5 Å². The molecule has 198 valence electrons. The lowest BCUT2D eigenvalue weighted by atomic mass is 10.1. The number of carbonyl (C=O) groups is 1. The molecule has 1 atom stereocenters. The highest BCUT2D eigenvalue weighted by Gasteiger charge is 2.28. The molecule has 1 amide bonds. The number of ether oxygens (including phenoxy) is 2. The van der Waals surface area contributed by atoms with Crippen molar-refractivity contribution in [3.63, 3.8) is 0 Å². The Kier molecular flexibility index (Phi) is 8.89. The van der Waals surface area contributed by atoms with E-state index in [0.717, 1.165) is 17.3 Å². The standard InChI is InChI=1S/C29H29Br2N3O4/c1-5-6-15-33(28(35)19-11-13-20(30)14-12-19)18(2)27-32-23-10-8-7-9-22(23)29(36)34(27)24-16-21(37-3)17-25(38-4)26(24)31/h7-14,16-18H,5-6,15H2,1-4H3. The van der Waals surface area contributed by atoms with Crippen LogP contribution in [0.2, 0.25) is 0 Å². The minimum atomic E-state index is -0.529. The van der Waals surface area contributed by atoms with Gasteiger partial charge in [-0.2, -0.15) is 0 Å². The topological polar surface area (TPSA) is 73.7 Å². The number of benzene rings is 3. The summed E-state index contributed by atoms with van der Waals surface area (Å²) in [5.41, 5.74) is 1.39. The fraction of sp³-hybridized carbons (Fsp3) is 0.276. The predicted octanol–water partition coefficient (Wildman–Crippen LogP) is 6.93. The number of rotatable bonds is 9. The Labute approximate surface area is 238 Å². The van der Waals surface area contributed by atoms with E-state index < -0.39 is 6.04 Å². The maximum Gasteiger partial charge on any atom is 0.266 e. The summed E-state index contributed by atoms with van der Waals surface area (Å²) in [6.07, 6.45) is 1.72. The molecule has 4 rings (SSSR count). The summed E-state index contributed by atoms with van der Waals surface area (Å²) in [5, 5.41) is 0.469. The minimum Gasteiger partial charge on any atom is -0.497 e. The van der Waals surface area contributed by atoms with Crippen LogP contribution < -0.4 is 15.0 Å². The van der Waals surface area contributed by atoms with Gasteiger partial charge in [0, 0.05) is 28.7 Å². The van der Waals surface area contributed by atoms with E-state index in [0.29, 0.717) is 50.5 Å². The average Bonchev–Trinajstić information content (AvgIpc) is 2.93. The molecule has 38 heavy (non-hydrogen) atoms. The van der Waals surface area contributed by atoms with E-state index in [9.17, 15) is 9.59 Å². The van der Waals surface area contributed by atoms with Crippen LogP contribution in [0.4, 0.5) is 0 Å². The molecule has 0 spiro atoms. The molecule has 0 fully saturated rings. The van der Waals surface area contributed by atoms with Gasteiger partial charge in [0.05, 0.1) is 41.3 Å². The first kappa shape index (κ1) is 27.9. The van der Waals surface area contributed by atoms with Crippen molar-refractivity contribution < 1.29 is 14.3 Å². The van der Waals surface area contributed by atoms with Gasteiger partial charge in [0.25, 0.3) is 11.5 Å². The Balaban J connectivity index is 1.97. The molecule has 0 N–H and O–H groups in total. The van der Waals surface area contributed by atoms with Crippen molar-refractivity contribution in [1.82, 2.24) is 14.5 Å². The van der Waals surface area contributed by atoms with E-state index in [1.54, 1.807) is 54.0 Å². The highest BCUT2D eigenvalue weighted by atomic mass is 79.9. The molecule has 0 radical (unpaired) electrons. The van der Waals surface area contributed by atoms with E-state index in [2.05, 4.69) is 38.8 Å². The molecule has 4 aromatic rings. The van der Waals surface area contributed by atoms with Crippen LogP contribution in [-0.4, -0.2) is 41.1 Å². The molecular formula is C29H29Br2N3O4. The normalized spacial score (nSPS) is 11.8. The van der Waals surface area contributed by atoms with Crippen LogP contribution in [-0.2, 0) is 0 Å². The molecular weight excluding hydrogens is 614 g/mol. The number of nitrogens with zero attached hydrogens (tertiary/aromatic N) is 3. The smallest absolute Gasteiger partial charge is 0.266 e. The zero-order chi connectivity index (χ0) is 27.4. The Morgan fingerprint density at radius 3 is 2.42 bits per heavy atom. The first-order chi connectivity index (χ1) is 18.3. The number of hydrogen-bond donors (Lipinski definition) is 0. The van der Waals surface area contributed by atoms with Crippen molar-refractivity contribution in [3.8, 4) is 17.2 Å². The molecule has 0 bridgehead atoms. The molecule has 7 nitrogen and oxygen atoms in total. The lowest BCUT2D eigenvalue weighted by Crippen LogP contribution is -2.38. The number of fused-ring (bicyclic) bond motifs is 1. The van der Waals surface area contributed by atoms with Crippen LogP contribution >= 0.6 is 31.9 Å². The highest BCUT2D eigenvalue weighted by Crippen LogP contribution is 2.37. The Morgan fingerprint density at radius 1 is 1.05 bits per heavy atom. The number of hydrogen-bond acceptors (Lipinski definition) is 5. The molecule has 3 aromatic carbocycles. The van der Waals surface area contributed by atoms with E-state index in [4.69, 9.17) is 14.5 Å². The fourth-order valence-electron chi connectivity index (χ4n) is 4.35. The van der Waals surface area contributed by atoms with Gasteiger partial charge in [0.1, 0.15) is 17.3 Å². The van der Waals surface area contributed by atoms with Crippen molar-refractivity contribution in [2.75, 3.05) is 20.8 Å². The minimum absolute atomic E-state index is 0.130. The summed E-state index contributed by atoms with van der Waals surface area (Å²) < 4.78 is 14.1. The average molecular weight is 643 g/mol. The fourth-order valence-corrected chi connectivity index (χ4v) is 5.18. The van der Waals surface area contributed by atoms with Crippen LogP contribution in [0.3, 0.4) is 0 Å². The van der Waals surface area contributed by atoms with E-state index >= 15 is 0 Å². The zero-order valence-corrected chi connectivity index (χ0v) is 24.9.